The molecule has 0 saturated carbocycles. The molecule has 8 heteroatoms. The Morgan fingerprint density at radius 1 is 0.892 bits per heavy atom. The lowest BCUT2D eigenvalue weighted by atomic mass is 9.77. The molecule has 1 spiro atoms. The highest BCUT2D eigenvalue weighted by Crippen LogP contribution is 2.57. The Hall–Kier alpha value is -3.68. The summed E-state index contributed by atoms with van der Waals surface area (Å²) in [6.07, 6.45) is -1.02. The normalized spacial score (nSPS) is 23.9. The number of halogens is 2. The Morgan fingerprint density at radius 3 is 2.08 bits per heavy atom. The first kappa shape index (κ1) is 23.7. The van der Waals surface area contributed by atoms with E-state index >= 15 is 0 Å². The molecule has 0 N–H and O–H groups in total. The van der Waals surface area contributed by atoms with Crippen molar-refractivity contribution in [2.75, 3.05) is 4.90 Å². The molecule has 3 atom stereocenters. The number of amides is 2. The fraction of sp³-hybridized carbons (Fsp3) is 0.241. The first-order chi connectivity index (χ1) is 17.7. The van der Waals surface area contributed by atoms with E-state index in [2.05, 4.69) is 0 Å². The van der Waals surface area contributed by atoms with Crippen LogP contribution in [0.1, 0.15) is 57.7 Å². The number of rotatable bonds is 3. The first-order valence-electron chi connectivity index (χ1n) is 12.0. The van der Waals surface area contributed by atoms with Crippen LogP contribution in [0, 0.1) is 17.7 Å². The van der Waals surface area contributed by atoms with E-state index in [-0.39, 0.29) is 27.8 Å². The molecule has 1 aliphatic carbocycles. The molecule has 2 aliphatic heterocycles. The maximum atomic E-state index is 13.9. The van der Waals surface area contributed by atoms with Crippen molar-refractivity contribution in [2.45, 2.75) is 31.5 Å². The van der Waals surface area contributed by atoms with E-state index in [1.807, 2.05) is 26.0 Å². The van der Waals surface area contributed by atoms with Crippen LogP contribution < -0.4 is 4.90 Å². The van der Waals surface area contributed by atoms with Gasteiger partial charge in [-0.1, -0.05) is 74.0 Å². The molecule has 2 saturated heterocycles. The van der Waals surface area contributed by atoms with E-state index in [0.29, 0.717) is 5.56 Å². The predicted octanol–water partition coefficient (Wildman–Crippen LogP) is 5.30. The lowest BCUT2D eigenvalue weighted by Crippen LogP contribution is -2.51. The second-order valence-corrected chi connectivity index (χ2v) is 10.3. The monoisotopic (exact) mass is 517 g/mol. The van der Waals surface area contributed by atoms with Crippen molar-refractivity contribution in [3.8, 4) is 0 Å². The van der Waals surface area contributed by atoms with Crippen LogP contribution in [0.25, 0.3) is 0 Å². The summed E-state index contributed by atoms with van der Waals surface area (Å²) in [6, 6.07) is 17.2. The molecule has 2 fully saturated rings. The molecule has 6 rings (SSSR count). The quantitative estimate of drug-likeness (QED) is 0.348. The SMILES string of the molecule is CC(C)c1ccc([C@H]2OC3(C(=O)c4ccccc4C3=O)[C@@H]3C(=O)N(c4ccc(F)c(Cl)c4)C(=O)[C@@H]23)cc1. The number of Topliss-reactive ketones (excluding diaryl/α,β-unsaturated/α-hetero) is 2. The zero-order valence-corrected chi connectivity index (χ0v) is 20.7. The number of ketones is 2. The molecule has 0 aromatic heterocycles. The van der Waals surface area contributed by atoms with Crippen molar-refractivity contribution in [1.82, 2.24) is 0 Å². The highest BCUT2D eigenvalue weighted by Gasteiger charge is 2.74. The number of imide groups is 1. The standard InChI is InChI=1S/C29H21ClFNO5/c1-14(2)15-7-9-16(10-8-15)24-22-23(28(36)32(27(22)35)17-11-12-21(31)20(30)13-17)29(37-24)25(33)18-5-3-4-6-19(18)26(29)34/h3-14,22-24H,1-2H3/t22-,23+,24-/m1/s1. The van der Waals surface area contributed by atoms with Crippen LogP contribution in [-0.4, -0.2) is 29.0 Å². The van der Waals surface area contributed by atoms with E-state index < -0.39 is 52.7 Å². The number of ether oxygens (including phenoxy) is 1. The number of anilines is 1. The third kappa shape index (κ3) is 3.14. The number of fused-ring (bicyclic) bond motifs is 3. The van der Waals surface area contributed by atoms with E-state index in [4.69, 9.17) is 16.3 Å². The summed E-state index contributed by atoms with van der Waals surface area (Å²) in [5, 5.41) is -0.262. The average molecular weight is 518 g/mol. The third-order valence-corrected chi connectivity index (χ3v) is 7.90. The van der Waals surface area contributed by atoms with Gasteiger partial charge >= 0.3 is 0 Å². The van der Waals surface area contributed by atoms with Crippen LogP contribution >= 0.6 is 11.6 Å². The van der Waals surface area contributed by atoms with E-state index in [1.54, 1.807) is 24.3 Å². The molecule has 3 aromatic rings. The summed E-state index contributed by atoms with van der Waals surface area (Å²) < 4.78 is 20.1. The Morgan fingerprint density at radius 2 is 1.51 bits per heavy atom. The Labute approximate surface area is 217 Å². The molecule has 2 heterocycles. The lowest BCUT2D eigenvalue weighted by molar-refractivity contribution is -0.127. The van der Waals surface area contributed by atoms with Crippen molar-refractivity contribution in [3.05, 3.63) is 99.8 Å². The second kappa shape index (κ2) is 8.16. The summed E-state index contributed by atoms with van der Waals surface area (Å²) in [4.78, 5) is 56.2. The van der Waals surface area contributed by atoms with Crippen LogP contribution in [0.2, 0.25) is 5.02 Å². The van der Waals surface area contributed by atoms with Crippen molar-refractivity contribution in [1.29, 1.82) is 0 Å². The van der Waals surface area contributed by atoms with Gasteiger partial charge in [-0.15, -0.1) is 0 Å². The van der Waals surface area contributed by atoms with Gasteiger partial charge in [-0.05, 0) is 35.2 Å². The molecule has 6 nitrogen and oxygen atoms in total. The van der Waals surface area contributed by atoms with Crippen molar-refractivity contribution in [3.63, 3.8) is 0 Å². The smallest absolute Gasteiger partial charge is 0.241 e. The van der Waals surface area contributed by atoms with E-state index in [1.165, 1.54) is 24.3 Å². The van der Waals surface area contributed by atoms with Gasteiger partial charge in [0.05, 0.1) is 28.6 Å². The fourth-order valence-corrected chi connectivity index (χ4v) is 5.94. The summed E-state index contributed by atoms with van der Waals surface area (Å²) in [5.41, 5.74) is -0.148. The van der Waals surface area contributed by atoms with Crippen LogP contribution in [0.4, 0.5) is 10.1 Å². The number of nitrogens with zero attached hydrogens (tertiary/aromatic N) is 1. The average Bonchev–Trinajstić information content (AvgIpc) is 3.46. The maximum absolute atomic E-state index is 13.9. The minimum absolute atomic E-state index is 0.0651. The van der Waals surface area contributed by atoms with Gasteiger partial charge in [-0.3, -0.25) is 19.2 Å². The van der Waals surface area contributed by atoms with E-state index in [9.17, 15) is 23.6 Å². The van der Waals surface area contributed by atoms with Crippen LogP contribution in [0.3, 0.4) is 0 Å². The topological polar surface area (TPSA) is 80.8 Å². The van der Waals surface area contributed by atoms with Crippen LogP contribution in [0.5, 0.6) is 0 Å². The number of benzene rings is 3. The zero-order chi connectivity index (χ0) is 26.2. The summed E-state index contributed by atoms with van der Waals surface area (Å²) >= 11 is 5.94. The minimum Gasteiger partial charge on any atom is -0.349 e. The Balaban J connectivity index is 1.52. The van der Waals surface area contributed by atoms with Crippen molar-refractivity contribution in [2.24, 2.45) is 11.8 Å². The third-order valence-electron chi connectivity index (χ3n) is 7.61. The largest absolute Gasteiger partial charge is 0.349 e. The maximum Gasteiger partial charge on any atom is 0.241 e. The Bertz CT molecular complexity index is 1480. The second-order valence-electron chi connectivity index (χ2n) is 9.91. The highest BCUT2D eigenvalue weighted by atomic mass is 35.5. The van der Waals surface area contributed by atoms with Crippen molar-refractivity contribution >= 4 is 40.7 Å². The molecular weight excluding hydrogens is 497 g/mol. The fourth-order valence-electron chi connectivity index (χ4n) is 5.77. The lowest BCUT2D eigenvalue weighted by Gasteiger charge is -2.27. The van der Waals surface area contributed by atoms with Crippen LogP contribution in [-0.2, 0) is 14.3 Å². The number of carbonyl (C=O) groups is 4. The molecule has 0 radical (unpaired) electrons. The van der Waals surface area contributed by atoms with E-state index in [0.717, 1.165) is 16.5 Å². The summed E-state index contributed by atoms with van der Waals surface area (Å²) in [6.45, 7) is 4.09. The van der Waals surface area contributed by atoms with Gasteiger partial charge in [-0.2, -0.15) is 0 Å². The molecule has 186 valence electrons. The van der Waals surface area contributed by atoms with Crippen molar-refractivity contribution < 1.29 is 28.3 Å². The molecular formula is C29H21ClFNO5. The van der Waals surface area contributed by atoms with Gasteiger partial charge in [0.1, 0.15) is 5.82 Å². The molecule has 37 heavy (non-hydrogen) atoms. The van der Waals surface area contributed by atoms with Gasteiger partial charge < -0.3 is 4.74 Å². The van der Waals surface area contributed by atoms with Gasteiger partial charge in [0, 0.05) is 11.1 Å². The number of carbonyl (C=O) groups excluding carboxylic acids is 4. The van der Waals surface area contributed by atoms with Gasteiger partial charge in [-0.25, -0.2) is 9.29 Å². The zero-order valence-electron chi connectivity index (χ0n) is 19.9. The van der Waals surface area contributed by atoms with Gasteiger partial charge in [0.2, 0.25) is 29.0 Å². The summed E-state index contributed by atoms with van der Waals surface area (Å²) in [5.74, 6) is -5.62. The minimum atomic E-state index is -2.17. The van der Waals surface area contributed by atoms with Gasteiger partial charge in [0.25, 0.3) is 0 Å². The predicted molar refractivity (Wildman–Crippen MR) is 133 cm³/mol. The van der Waals surface area contributed by atoms with Gasteiger partial charge in [0.15, 0.2) is 0 Å². The first-order valence-corrected chi connectivity index (χ1v) is 12.3. The number of hydrogen-bond acceptors (Lipinski definition) is 5. The number of hydrogen-bond donors (Lipinski definition) is 0. The molecule has 2 amide bonds. The highest BCUT2D eigenvalue weighted by molar-refractivity contribution is 6.37. The molecule has 3 aromatic carbocycles. The molecule has 3 aliphatic rings. The Kier molecular flexibility index (Phi) is 5.23. The summed E-state index contributed by atoms with van der Waals surface area (Å²) in [7, 11) is 0. The van der Waals surface area contributed by atoms with Crippen LogP contribution in [0.15, 0.2) is 66.7 Å². The molecule has 0 unspecified atom stereocenters. The molecule has 0 bridgehead atoms.